The van der Waals surface area contributed by atoms with E-state index >= 15 is 0 Å². The van der Waals surface area contributed by atoms with Crippen molar-refractivity contribution in [2.45, 2.75) is 44.0 Å². The van der Waals surface area contributed by atoms with Crippen molar-refractivity contribution in [2.24, 2.45) is 0 Å². The van der Waals surface area contributed by atoms with Gasteiger partial charge in [-0.3, -0.25) is 5.10 Å². The average molecular weight is 253 g/mol. The number of nitrogens with one attached hydrogen (secondary N) is 1. The Morgan fingerprint density at radius 1 is 1.24 bits per heavy atom. The first-order valence-electron chi connectivity index (χ1n) is 5.67. The van der Waals surface area contributed by atoms with Gasteiger partial charge in [-0.2, -0.15) is 0 Å². The molecule has 17 heavy (non-hydrogen) atoms. The number of nitrogens with zero attached hydrogens (tertiary/aromatic N) is 4. The van der Waals surface area contributed by atoms with E-state index in [1.165, 1.54) is 11.8 Å². The van der Waals surface area contributed by atoms with Crippen LogP contribution in [-0.2, 0) is 18.6 Å². The average Bonchev–Trinajstić information content (AvgIpc) is 2.95. The minimum atomic E-state index is 0.609. The molecular formula is C10H15N5OS. The number of hydrogen-bond donors (Lipinski definition) is 1. The summed E-state index contributed by atoms with van der Waals surface area (Å²) in [5.41, 5.74) is 0. The highest BCUT2D eigenvalue weighted by molar-refractivity contribution is 7.98. The maximum absolute atomic E-state index is 5.47. The summed E-state index contributed by atoms with van der Waals surface area (Å²) in [6, 6.07) is 0. The Kier molecular flexibility index (Phi) is 4.13. The van der Waals surface area contributed by atoms with Gasteiger partial charge in [-0.05, 0) is 6.42 Å². The Morgan fingerprint density at radius 3 is 2.76 bits per heavy atom. The molecule has 2 aromatic rings. The molecule has 0 aromatic carbocycles. The Labute approximate surface area is 104 Å². The molecular weight excluding hydrogens is 238 g/mol. The van der Waals surface area contributed by atoms with Crippen molar-refractivity contribution in [3.8, 4) is 0 Å². The largest absolute Gasteiger partial charge is 0.424 e. The Hall–Kier alpha value is -1.37. The van der Waals surface area contributed by atoms with Gasteiger partial charge in [0.25, 0.3) is 0 Å². The summed E-state index contributed by atoms with van der Waals surface area (Å²) < 4.78 is 5.47. The predicted octanol–water partition coefficient (Wildman–Crippen LogP) is 1.99. The van der Waals surface area contributed by atoms with E-state index < -0.39 is 0 Å². The summed E-state index contributed by atoms with van der Waals surface area (Å²) in [6.45, 7) is 4.11. The molecule has 0 saturated carbocycles. The molecule has 0 aliphatic heterocycles. The molecule has 6 nitrogen and oxygen atoms in total. The zero-order chi connectivity index (χ0) is 12.1. The molecule has 2 heterocycles. The number of aryl methyl sites for hydroxylation is 2. The standard InChI is InChI=1S/C10H15N5OS/c1-3-5-8-13-14-9(16-8)6-17-10-11-7(4-2)12-15-10/h3-6H2,1-2H3,(H,11,12,15). The van der Waals surface area contributed by atoms with Crippen LogP contribution < -0.4 is 0 Å². The second-order valence-corrected chi connectivity index (χ2v) is 4.49. The van der Waals surface area contributed by atoms with Gasteiger partial charge in [0.2, 0.25) is 16.9 Å². The molecule has 0 bridgehead atoms. The van der Waals surface area contributed by atoms with E-state index in [1.54, 1.807) is 0 Å². The zero-order valence-electron chi connectivity index (χ0n) is 9.93. The smallest absolute Gasteiger partial charge is 0.226 e. The zero-order valence-corrected chi connectivity index (χ0v) is 10.8. The lowest BCUT2D eigenvalue weighted by molar-refractivity contribution is 0.462. The minimum absolute atomic E-state index is 0.609. The fourth-order valence-corrected chi connectivity index (χ4v) is 1.94. The second kappa shape index (κ2) is 5.81. The van der Waals surface area contributed by atoms with Gasteiger partial charge in [-0.25, -0.2) is 4.98 Å². The van der Waals surface area contributed by atoms with Crippen molar-refractivity contribution in [3.63, 3.8) is 0 Å². The molecule has 92 valence electrons. The van der Waals surface area contributed by atoms with Gasteiger partial charge in [0.05, 0.1) is 5.75 Å². The lowest BCUT2D eigenvalue weighted by atomic mass is 10.3. The molecule has 1 N–H and O–H groups in total. The number of H-pyrrole nitrogens is 1. The molecule has 0 amide bonds. The maximum Gasteiger partial charge on any atom is 0.226 e. The predicted molar refractivity (Wildman–Crippen MR) is 63.6 cm³/mol. The SMILES string of the molecule is CCCc1nnc(CSc2n[nH]c(CC)n2)o1. The third-order valence-corrected chi connectivity index (χ3v) is 2.98. The van der Waals surface area contributed by atoms with Gasteiger partial charge in [0, 0.05) is 12.8 Å². The van der Waals surface area contributed by atoms with Gasteiger partial charge in [0.15, 0.2) is 0 Å². The minimum Gasteiger partial charge on any atom is -0.424 e. The normalized spacial score (nSPS) is 10.9. The van der Waals surface area contributed by atoms with Crippen molar-refractivity contribution in [1.82, 2.24) is 25.4 Å². The van der Waals surface area contributed by atoms with Crippen LogP contribution in [0, 0.1) is 0 Å². The van der Waals surface area contributed by atoms with Crippen LogP contribution in [0.1, 0.15) is 37.9 Å². The number of thioether (sulfide) groups is 1. The van der Waals surface area contributed by atoms with Crippen molar-refractivity contribution in [1.29, 1.82) is 0 Å². The molecule has 0 unspecified atom stereocenters. The van der Waals surface area contributed by atoms with Crippen LogP contribution in [0.25, 0.3) is 0 Å². The lowest BCUT2D eigenvalue weighted by Gasteiger charge is -1.90. The van der Waals surface area contributed by atoms with Gasteiger partial charge >= 0.3 is 0 Å². The molecule has 2 aromatic heterocycles. The van der Waals surface area contributed by atoms with Crippen LogP contribution in [0.2, 0.25) is 0 Å². The third kappa shape index (κ3) is 3.29. The van der Waals surface area contributed by atoms with Crippen LogP contribution in [0.15, 0.2) is 9.57 Å². The van der Waals surface area contributed by atoms with E-state index in [9.17, 15) is 0 Å². The second-order valence-electron chi connectivity index (χ2n) is 3.55. The van der Waals surface area contributed by atoms with Gasteiger partial charge < -0.3 is 4.42 Å². The van der Waals surface area contributed by atoms with Gasteiger partial charge in [-0.1, -0.05) is 25.6 Å². The lowest BCUT2D eigenvalue weighted by Crippen LogP contribution is -1.83. The molecule has 0 aliphatic carbocycles. The molecule has 0 atom stereocenters. The summed E-state index contributed by atoms with van der Waals surface area (Å²) >= 11 is 1.49. The maximum atomic E-state index is 5.47. The summed E-state index contributed by atoms with van der Waals surface area (Å²) in [5, 5.41) is 15.6. The fraction of sp³-hybridized carbons (Fsp3) is 0.600. The highest BCUT2D eigenvalue weighted by Gasteiger charge is 2.08. The van der Waals surface area contributed by atoms with Gasteiger partial charge in [-0.15, -0.1) is 15.3 Å². The third-order valence-electron chi connectivity index (χ3n) is 2.14. The fourth-order valence-electron chi connectivity index (χ4n) is 1.29. The Balaban J connectivity index is 1.88. The number of hydrogen-bond acceptors (Lipinski definition) is 6. The van der Waals surface area contributed by atoms with Crippen LogP contribution in [0.4, 0.5) is 0 Å². The Bertz CT molecular complexity index is 467. The van der Waals surface area contributed by atoms with E-state index in [0.29, 0.717) is 17.5 Å². The van der Waals surface area contributed by atoms with Crippen molar-refractivity contribution < 1.29 is 4.42 Å². The summed E-state index contributed by atoms with van der Waals surface area (Å²) in [5.74, 6) is 2.83. The van der Waals surface area contributed by atoms with Crippen LogP contribution in [0.3, 0.4) is 0 Å². The van der Waals surface area contributed by atoms with Gasteiger partial charge in [0.1, 0.15) is 5.82 Å². The van der Waals surface area contributed by atoms with Crippen LogP contribution in [0.5, 0.6) is 0 Å². The molecule has 0 saturated heterocycles. The quantitative estimate of drug-likeness (QED) is 0.793. The molecule has 0 fully saturated rings. The first-order chi connectivity index (χ1) is 8.31. The number of aromatic amines is 1. The summed E-state index contributed by atoms with van der Waals surface area (Å²) in [4.78, 5) is 4.29. The van der Waals surface area contributed by atoms with E-state index in [2.05, 4.69) is 32.3 Å². The molecule has 0 radical (unpaired) electrons. The molecule has 0 spiro atoms. The number of aromatic nitrogens is 5. The first kappa shape index (κ1) is 12.1. The topological polar surface area (TPSA) is 80.5 Å². The van der Waals surface area contributed by atoms with E-state index in [-0.39, 0.29) is 0 Å². The van der Waals surface area contributed by atoms with Crippen LogP contribution >= 0.6 is 11.8 Å². The Morgan fingerprint density at radius 2 is 2.06 bits per heavy atom. The van der Waals surface area contributed by atoms with Crippen molar-refractivity contribution in [2.75, 3.05) is 0 Å². The van der Waals surface area contributed by atoms with E-state index in [4.69, 9.17) is 4.42 Å². The van der Waals surface area contributed by atoms with E-state index in [1.807, 2.05) is 6.92 Å². The number of rotatable bonds is 6. The first-order valence-corrected chi connectivity index (χ1v) is 6.65. The monoisotopic (exact) mass is 253 g/mol. The highest BCUT2D eigenvalue weighted by atomic mass is 32.2. The highest BCUT2D eigenvalue weighted by Crippen LogP contribution is 2.18. The van der Waals surface area contributed by atoms with Crippen LogP contribution in [-0.4, -0.2) is 25.4 Å². The molecule has 7 heteroatoms. The summed E-state index contributed by atoms with van der Waals surface area (Å²) in [7, 11) is 0. The van der Waals surface area contributed by atoms with Crippen molar-refractivity contribution >= 4 is 11.8 Å². The molecule has 2 rings (SSSR count). The van der Waals surface area contributed by atoms with Crippen molar-refractivity contribution in [3.05, 3.63) is 17.6 Å². The summed E-state index contributed by atoms with van der Waals surface area (Å²) in [6.07, 6.45) is 2.70. The molecule has 0 aliphatic rings. The van der Waals surface area contributed by atoms with E-state index in [0.717, 1.165) is 30.2 Å².